The first kappa shape index (κ1) is 18.3. The number of pyridine rings is 1. The molecule has 27 heavy (non-hydrogen) atoms. The third kappa shape index (κ3) is 3.87. The van der Waals surface area contributed by atoms with Crippen molar-refractivity contribution in [2.24, 2.45) is 0 Å². The molecule has 0 aliphatic rings. The highest BCUT2D eigenvalue weighted by Crippen LogP contribution is 2.23. The van der Waals surface area contributed by atoms with Gasteiger partial charge in [-0.15, -0.1) is 0 Å². The molecule has 11 heteroatoms. The van der Waals surface area contributed by atoms with Crippen molar-refractivity contribution in [3.63, 3.8) is 0 Å². The van der Waals surface area contributed by atoms with Crippen LogP contribution in [0.4, 0.5) is 14.5 Å². The van der Waals surface area contributed by atoms with Gasteiger partial charge in [0, 0.05) is 30.2 Å². The summed E-state index contributed by atoms with van der Waals surface area (Å²) in [5.74, 6) is -3.88. The Morgan fingerprint density at radius 2 is 1.74 bits per heavy atom. The predicted molar refractivity (Wildman–Crippen MR) is 89.4 cm³/mol. The van der Waals surface area contributed by atoms with Gasteiger partial charge in [-0.3, -0.25) is 4.72 Å². The van der Waals surface area contributed by atoms with Crippen molar-refractivity contribution in [1.82, 2.24) is 15.0 Å². The van der Waals surface area contributed by atoms with Gasteiger partial charge in [-0.05, 0) is 24.3 Å². The maximum Gasteiger partial charge on any atom is 0.338 e. The Bertz CT molecular complexity index is 1110. The number of nitrogens with one attached hydrogen (secondary N) is 1. The quantitative estimate of drug-likeness (QED) is 0.683. The Kier molecular flexibility index (Phi) is 4.77. The number of rotatable bonds is 5. The SMILES string of the molecule is O=C(O)c1cc(F)c(NS(=O)(=O)c2ccc(-c3ncccn3)cn2)cc1F. The molecule has 0 radical (unpaired) electrons. The van der Waals surface area contributed by atoms with Gasteiger partial charge < -0.3 is 5.11 Å². The number of aromatic nitrogens is 3. The molecule has 0 spiro atoms. The molecule has 1 aromatic carbocycles. The van der Waals surface area contributed by atoms with Gasteiger partial charge in [0.2, 0.25) is 0 Å². The van der Waals surface area contributed by atoms with Crippen LogP contribution in [0.15, 0.2) is 53.9 Å². The lowest BCUT2D eigenvalue weighted by Crippen LogP contribution is -2.16. The van der Waals surface area contributed by atoms with E-state index in [9.17, 15) is 22.0 Å². The second kappa shape index (κ2) is 7.03. The number of benzene rings is 1. The van der Waals surface area contributed by atoms with Crippen LogP contribution in [0.3, 0.4) is 0 Å². The summed E-state index contributed by atoms with van der Waals surface area (Å²) >= 11 is 0. The highest BCUT2D eigenvalue weighted by Gasteiger charge is 2.21. The van der Waals surface area contributed by atoms with Crippen molar-refractivity contribution in [2.45, 2.75) is 5.03 Å². The minimum absolute atomic E-state index is 0.333. The van der Waals surface area contributed by atoms with Crippen LogP contribution in [0.1, 0.15) is 10.4 Å². The van der Waals surface area contributed by atoms with Crippen LogP contribution in [0.5, 0.6) is 0 Å². The summed E-state index contributed by atoms with van der Waals surface area (Å²) in [7, 11) is -4.34. The Morgan fingerprint density at radius 1 is 1.04 bits per heavy atom. The average molecular weight is 392 g/mol. The minimum atomic E-state index is -4.34. The molecule has 0 saturated heterocycles. The van der Waals surface area contributed by atoms with E-state index in [0.29, 0.717) is 23.5 Å². The van der Waals surface area contributed by atoms with E-state index < -0.39 is 43.9 Å². The van der Waals surface area contributed by atoms with E-state index in [-0.39, 0.29) is 0 Å². The molecule has 3 aromatic rings. The van der Waals surface area contributed by atoms with Gasteiger partial charge in [0.15, 0.2) is 10.9 Å². The van der Waals surface area contributed by atoms with Gasteiger partial charge >= 0.3 is 5.97 Å². The zero-order chi connectivity index (χ0) is 19.6. The van der Waals surface area contributed by atoms with E-state index in [2.05, 4.69) is 15.0 Å². The molecule has 0 aliphatic heterocycles. The van der Waals surface area contributed by atoms with Crippen molar-refractivity contribution < 1.29 is 27.1 Å². The third-order valence-corrected chi connectivity index (χ3v) is 4.65. The second-order valence-corrected chi connectivity index (χ2v) is 6.81. The fraction of sp³-hybridized carbons (Fsp3) is 0. The van der Waals surface area contributed by atoms with Crippen molar-refractivity contribution in [3.05, 3.63) is 66.1 Å². The maximum absolute atomic E-state index is 13.9. The number of carboxylic acids is 1. The van der Waals surface area contributed by atoms with Crippen LogP contribution in [0.25, 0.3) is 11.4 Å². The van der Waals surface area contributed by atoms with Crippen molar-refractivity contribution in [1.29, 1.82) is 0 Å². The molecule has 0 saturated carbocycles. The smallest absolute Gasteiger partial charge is 0.338 e. The Morgan fingerprint density at radius 3 is 2.33 bits per heavy atom. The van der Waals surface area contributed by atoms with Crippen LogP contribution in [-0.4, -0.2) is 34.4 Å². The molecule has 138 valence electrons. The summed E-state index contributed by atoms with van der Waals surface area (Å²) in [5, 5.41) is 8.29. The number of aromatic carboxylic acids is 1. The van der Waals surface area contributed by atoms with E-state index in [0.717, 1.165) is 6.07 Å². The fourth-order valence-corrected chi connectivity index (χ4v) is 3.09. The number of anilines is 1. The molecule has 0 aliphatic carbocycles. The predicted octanol–water partition coefficient (Wildman–Crippen LogP) is 2.32. The molecule has 8 nitrogen and oxygen atoms in total. The minimum Gasteiger partial charge on any atom is -0.478 e. The summed E-state index contributed by atoms with van der Waals surface area (Å²) in [6.45, 7) is 0. The topological polar surface area (TPSA) is 122 Å². The molecule has 2 heterocycles. The number of hydrogen-bond donors (Lipinski definition) is 2. The lowest BCUT2D eigenvalue weighted by Gasteiger charge is -2.10. The monoisotopic (exact) mass is 392 g/mol. The molecule has 0 atom stereocenters. The normalized spacial score (nSPS) is 11.2. The van der Waals surface area contributed by atoms with E-state index in [1.807, 2.05) is 4.72 Å². The Hall–Kier alpha value is -3.47. The van der Waals surface area contributed by atoms with E-state index in [1.165, 1.54) is 24.7 Å². The van der Waals surface area contributed by atoms with Crippen molar-refractivity contribution in [2.75, 3.05) is 4.72 Å². The average Bonchev–Trinajstić information content (AvgIpc) is 2.65. The summed E-state index contributed by atoms with van der Waals surface area (Å²) < 4.78 is 54.1. The number of halogens is 2. The molecule has 3 rings (SSSR count). The first-order chi connectivity index (χ1) is 12.8. The lowest BCUT2D eigenvalue weighted by molar-refractivity contribution is 0.0691. The number of carboxylic acid groups (broad SMARTS) is 1. The van der Waals surface area contributed by atoms with Crippen molar-refractivity contribution >= 4 is 21.7 Å². The van der Waals surface area contributed by atoms with Gasteiger partial charge in [0.25, 0.3) is 10.0 Å². The van der Waals surface area contributed by atoms with Gasteiger partial charge in [-0.2, -0.15) is 8.42 Å². The highest BCUT2D eigenvalue weighted by molar-refractivity contribution is 7.92. The van der Waals surface area contributed by atoms with E-state index in [4.69, 9.17) is 5.11 Å². The first-order valence-corrected chi connectivity index (χ1v) is 8.75. The van der Waals surface area contributed by atoms with Crippen molar-refractivity contribution in [3.8, 4) is 11.4 Å². The number of sulfonamides is 1. The van der Waals surface area contributed by atoms with E-state index in [1.54, 1.807) is 6.07 Å². The fourth-order valence-electron chi connectivity index (χ4n) is 2.11. The highest BCUT2D eigenvalue weighted by atomic mass is 32.2. The molecule has 2 N–H and O–H groups in total. The second-order valence-electron chi connectivity index (χ2n) is 5.18. The van der Waals surface area contributed by atoms with E-state index >= 15 is 0 Å². The number of nitrogens with zero attached hydrogens (tertiary/aromatic N) is 3. The summed E-state index contributed by atoms with van der Waals surface area (Å²) in [6.07, 6.45) is 4.23. The van der Waals surface area contributed by atoms with Crippen LogP contribution in [0.2, 0.25) is 0 Å². The Labute approximate surface area is 151 Å². The van der Waals surface area contributed by atoms with Gasteiger partial charge in [-0.25, -0.2) is 28.5 Å². The maximum atomic E-state index is 13.9. The third-order valence-electron chi connectivity index (χ3n) is 3.37. The van der Waals surface area contributed by atoms with Gasteiger partial charge in [-0.1, -0.05) is 0 Å². The summed E-state index contributed by atoms with van der Waals surface area (Å²) in [5.41, 5.74) is -1.20. The molecule has 0 unspecified atom stereocenters. The van der Waals surface area contributed by atoms with Gasteiger partial charge in [0.05, 0.1) is 11.3 Å². The molecule has 0 amide bonds. The molecule has 2 aromatic heterocycles. The summed E-state index contributed by atoms with van der Waals surface area (Å²) in [6, 6.07) is 5.00. The zero-order valence-electron chi connectivity index (χ0n) is 13.3. The van der Waals surface area contributed by atoms with Crippen LogP contribution in [0, 0.1) is 11.6 Å². The summed E-state index contributed by atoms with van der Waals surface area (Å²) in [4.78, 5) is 22.5. The number of hydrogen-bond acceptors (Lipinski definition) is 6. The van der Waals surface area contributed by atoms with Gasteiger partial charge in [0.1, 0.15) is 11.6 Å². The zero-order valence-corrected chi connectivity index (χ0v) is 14.1. The molecular formula is C16H10F2N4O4S. The molecule has 0 fully saturated rings. The van der Waals surface area contributed by atoms with Crippen LogP contribution < -0.4 is 4.72 Å². The first-order valence-electron chi connectivity index (χ1n) is 7.26. The van der Waals surface area contributed by atoms with Crippen LogP contribution >= 0.6 is 0 Å². The number of carbonyl (C=O) groups is 1. The standard InChI is InChI=1S/C16H10F2N4O4S/c17-11-7-13(12(18)6-10(11)16(23)24)22-27(25,26)14-3-2-9(8-21-14)15-19-4-1-5-20-15/h1-8,22H,(H,23,24). The lowest BCUT2D eigenvalue weighted by atomic mass is 10.2. The van der Waals surface area contributed by atoms with Crippen LogP contribution in [-0.2, 0) is 10.0 Å². The molecular weight excluding hydrogens is 382 g/mol. The Balaban J connectivity index is 1.89. The largest absolute Gasteiger partial charge is 0.478 e. The molecule has 0 bridgehead atoms.